The van der Waals surface area contributed by atoms with Gasteiger partial charge in [-0.1, -0.05) is 45.0 Å². The van der Waals surface area contributed by atoms with E-state index in [9.17, 15) is 5.26 Å². The van der Waals surface area contributed by atoms with Gasteiger partial charge in [0.15, 0.2) is 5.11 Å². The number of thiocarbonyl (C=S) groups is 1. The zero-order chi connectivity index (χ0) is 19.4. The first-order valence-electron chi connectivity index (χ1n) is 9.29. The topological polar surface area (TPSA) is 42.3 Å². The molecule has 0 aliphatic carbocycles. The smallest absolute Gasteiger partial charge is 0.173 e. The lowest BCUT2D eigenvalue weighted by Gasteiger charge is -2.37. The maximum absolute atomic E-state index is 9.31. The zero-order valence-electron chi connectivity index (χ0n) is 16.2. The monoisotopic (exact) mass is 378 g/mol. The minimum Gasteiger partial charge on any atom is -0.367 e. The highest BCUT2D eigenvalue weighted by Gasteiger charge is 2.21. The summed E-state index contributed by atoms with van der Waals surface area (Å²) in [5, 5.41) is 13.4. The number of hydrogen-bond donors (Lipinski definition) is 1. The van der Waals surface area contributed by atoms with Gasteiger partial charge in [0.2, 0.25) is 0 Å². The number of nitrogens with one attached hydrogen (secondary N) is 1. The Morgan fingerprint density at radius 1 is 1.00 bits per heavy atom. The maximum atomic E-state index is 9.31. The molecular weight excluding hydrogens is 352 g/mol. The van der Waals surface area contributed by atoms with Gasteiger partial charge in [-0.25, -0.2) is 0 Å². The molecule has 27 heavy (non-hydrogen) atoms. The van der Waals surface area contributed by atoms with Gasteiger partial charge in [0.25, 0.3) is 0 Å². The summed E-state index contributed by atoms with van der Waals surface area (Å²) in [6, 6.07) is 18.5. The number of para-hydroxylation sites is 1. The van der Waals surface area contributed by atoms with Crippen LogP contribution in [0.15, 0.2) is 48.5 Å². The molecule has 1 fully saturated rings. The molecule has 140 valence electrons. The predicted molar refractivity (Wildman–Crippen MR) is 116 cm³/mol. The molecule has 5 heteroatoms. The molecule has 3 rings (SSSR count). The summed E-state index contributed by atoms with van der Waals surface area (Å²) in [5.74, 6) is 0. The second kappa shape index (κ2) is 7.98. The predicted octanol–water partition coefficient (Wildman–Crippen LogP) is 4.37. The van der Waals surface area contributed by atoms with Crippen LogP contribution in [-0.2, 0) is 5.41 Å². The minimum absolute atomic E-state index is 0.148. The number of anilines is 2. The van der Waals surface area contributed by atoms with Crippen LogP contribution in [0.2, 0.25) is 0 Å². The normalized spacial score (nSPS) is 14.6. The highest BCUT2D eigenvalue weighted by molar-refractivity contribution is 7.80. The SMILES string of the molecule is CC(C)(C)c1ccc(NC(=S)N2CCN(c3ccccc3C#N)CC2)cc1. The Labute approximate surface area is 167 Å². The quantitative estimate of drug-likeness (QED) is 0.786. The molecule has 0 spiro atoms. The summed E-state index contributed by atoms with van der Waals surface area (Å²) >= 11 is 5.61. The maximum Gasteiger partial charge on any atom is 0.173 e. The Morgan fingerprint density at radius 2 is 1.63 bits per heavy atom. The zero-order valence-corrected chi connectivity index (χ0v) is 17.0. The summed E-state index contributed by atoms with van der Waals surface area (Å²) in [6.45, 7) is 10.0. The van der Waals surface area contributed by atoms with E-state index in [1.807, 2.05) is 24.3 Å². The third kappa shape index (κ3) is 4.58. The van der Waals surface area contributed by atoms with Crippen molar-refractivity contribution in [1.29, 1.82) is 5.26 Å². The molecular formula is C22H26N4S. The molecule has 1 N–H and O–H groups in total. The average Bonchev–Trinajstić information content (AvgIpc) is 2.68. The van der Waals surface area contributed by atoms with Gasteiger partial charge in [-0.05, 0) is 47.5 Å². The first kappa shape index (κ1) is 19.2. The van der Waals surface area contributed by atoms with Crippen molar-refractivity contribution in [3.63, 3.8) is 0 Å². The van der Waals surface area contributed by atoms with Crippen LogP contribution in [0.1, 0.15) is 31.9 Å². The van der Waals surface area contributed by atoms with E-state index < -0.39 is 0 Å². The third-order valence-electron chi connectivity index (χ3n) is 4.93. The lowest BCUT2D eigenvalue weighted by atomic mass is 9.87. The Kier molecular flexibility index (Phi) is 5.67. The van der Waals surface area contributed by atoms with E-state index in [1.54, 1.807) is 0 Å². The van der Waals surface area contributed by atoms with Crippen LogP contribution >= 0.6 is 12.2 Å². The number of hydrogen-bond acceptors (Lipinski definition) is 3. The molecule has 0 bridgehead atoms. The van der Waals surface area contributed by atoms with Gasteiger partial charge in [-0.15, -0.1) is 0 Å². The van der Waals surface area contributed by atoms with E-state index in [2.05, 4.69) is 66.2 Å². The van der Waals surface area contributed by atoms with Crippen LogP contribution in [0.25, 0.3) is 0 Å². The van der Waals surface area contributed by atoms with Crippen molar-refractivity contribution in [3.8, 4) is 6.07 Å². The second-order valence-corrected chi connectivity index (χ2v) is 8.25. The van der Waals surface area contributed by atoms with Crippen molar-refractivity contribution in [2.24, 2.45) is 0 Å². The van der Waals surface area contributed by atoms with E-state index >= 15 is 0 Å². The van der Waals surface area contributed by atoms with Crippen LogP contribution in [0, 0.1) is 11.3 Å². The van der Waals surface area contributed by atoms with Crippen molar-refractivity contribution in [2.75, 3.05) is 36.4 Å². The molecule has 1 aliphatic heterocycles. The fourth-order valence-electron chi connectivity index (χ4n) is 3.25. The second-order valence-electron chi connectivity index (χ2n) is 7.86. The lowest BCUT2D eigenvalue weighted by molar-refractivity contribution is 0.391. The summed E-state index contributed by atoms with van der Waals surface area (Å²) < 4.78 is 0. The fourth-order valence-corrected chi connectivity index (χ4v) is 3.55. The van der Waals surface area contributed by atoms with Crippen LogP contribution in [0.4, 0.5) is 11.4 Å². The summed E-state index contributed by atoms with van der Waals surface area (Å²) in [4.78, 5) is 4.45. The molecule has 4 nitrogen and oxygen atoms in total. The Hall–Kier alpha value is -2.58. The van der Waals surface area contributed by atoms with Crippen molar-refractivity contribution in [1.82, 2.24) is 4.90 Å². The molecule has 0 amide bonds. The van der Waals surface area contributed by atoms with Gasteiger partial charge in [-0.3, -0.25) is 0 Å². The molecule has 0 aromatic heterocycles. The van der Waals surface area contributed by atoms with E-state index in [-0.39, 0.29) is 5.41 Å². The molecule has 1 aliphatic rings. The number of nitriles is 1. The molecule has 1 heterocycles. The Morgan fingerprint density at radius 3 is 2.22 bits per heavy atom. The highest BCUT2D eigenvalue weighted by atomic mass is 32.1. The number of piperazine rings is 1. The van der Waals surface area contributed by atoms with E-state index in [4.69, 9.17) is 12.2 Å². The van der Waals surface area contributed by atoms with Crippen LogP contribution in [0.5, 0.6) is 0 Å². The van der Waals surface area contributed by atoms with E-state index in [1.165, 1.54) is 5.56 Å². The van der Waals surface area contributed by atoms with Crippen molar-refractivity contribution in [2.45, 2.75) is 26.2 Å². The molecule has 2 aromatic carbocycles. The molecule has 2 aromatic rings. The number of rotatable bonds is 2. The summed E-state index contributed by atoms with van der Waals surface area (Å²) in [6.07, 6.45) is 0. The molecule has 0 radical (unpaired) electrons. The van der Waals surface area contributed by atoms with Gasteiger partial charge in [-0.2, -0.15) is 5.26 Å². The number of nitrogens with zero attached hydrogens (tertiary/aromatic N) is 3. The highest BCUT2D eigenvalue weighted by Crippen LogP contribution is 2.24. The Bertz CT molecular complexity index is 838. The minimum atomic E-state index is 0.148. The standard InChI is InChI=1S/C22H26N4S/c1-22(2,3)18-8-10-19(11-9-18)24-21(27)26-14-12-25(13-15-26)20-7-5-4-6-17(20)16-23/h4-11H,12-15H2,1-3H3,(H,24,27). The molecule has 0 atom stereocenters. The first-order chi connectivity index (χ1) is 12.9. The Balaban J connectivity index is 1.58. The average molecular weight is 379 g/mol. The number of benzene rings is 2. The summed E-state index contributed by atoms with van der Waals surface area (Å²) in [5.41, 5.74) is 4.21. The van der Waals surface area contributed by atoms with Crippen LogP contribution < -0.4 is 10.2 Å². The van der Waals surface area contributed by atoms with Crippen LogP contribution in [0.3, 0.4) is 0 Å². The van der Waals surface area contributed by atoms with Gasteiger partial charge < -0.3 is 15.1 Å². The largest absolute Gasteiger partial charge is 0.367 e. The third-order valence-corrected chi connectivity index (χ3v) is 5.29. The fraction of sp³-hybridized carbons (Fsp3) is 0.364. The first-order valence-corrected chi connectivity index (χ1v) is 9.70. The molecule has 0 unspecified atom stereocenters. The van der Waals surface area contributed by atoms with Crippen LogP contribution in [-0.4, -0.2) is 36.2 Å². The van der Waals surface area contributed by atoms with E-state index in [0.29, 0.717) is 0 Å². The molecule has 0 saturated carbocycles. The van der Waals surface area contributed by atoms with Crippen molar-refractivity contribution in [3.05, 3.63) is 59.7 Å². The van der Waals surface area contributed by atoms with Crippen molar-refractivity contribution < 1.29 is 0 Å². The summed E-state index contributed by atoms with van der Waals surface area (Å²) in [7, 11) is 0. The van der Waals surface area contributed by atoms with Gasteiger partial charge in [0.05, 0.1) is 11.3 Å². The van der Waals surface area contributed by atoms with Gasteiger partial charge in [0, 0.05) is 31.9 Å². The van der Waals surface area contributed by atoms with Gasteiger partial charge in [0.1, 0.15) is 6.07 Å². The van der Waals surface area contributed by atoms with Gasteiger partial charge >= 0.3 is 0 Å². The molecule has 1 saturated heterocycles. The van der Waals surface area contributed by atoms with E-state index in [0.717, 1.165) is 48.2 Å². The lowest BCUT2D eigenvalue weighted by Crippen LogP contribution is -2.50. The van der Waals surface area contributed by atoms with Crippen molar-refractivity contribution >= 4 is 28.7 Å².